The first-order valence-electron chi connectivity index (χ1n) is 4.74. The maximum absolute atomic E-state index is 8.98. The number of rotatable bonds is 0. The molecule has 0 aliphatic carbocycles. The molecule has 1 nitrogen and oxygen atoms in total. The summed E-state index contributed by atoms with van der Waals surface area (Å²) in [5.41, 5.74) is 0. The molecule has 0 amide bonds. The molecule has 2 heterocycles. The van der Waals surface area contributed by atoms with E-state index in [1.807, 2.05) is 0 Å². The van der Waals surface area contributed by atoms with Gasteiger partial charge >= 0.3 is 78.4 Å². The number of hydrogen-bond acceptors (Lipinski definition) is 1. The Morgan fingerprint density at radius 2 is 2.33 bits per heavy atom. The van der Waals surface area contributed by atoms with Gasteiger partial charge in [-0.1, -0.05) is 0 Å². The van der Waals surface area contributed by atoms with E-state index in [9.17, 15) is 0 Å². The van der Waals surface area contributed by atoms with Crippen molar-refractivity contribution in [1.29, 1.82) is 5.26 Å². The van der Waals surface area contributed by atoms with Gasteiger partial charge in [-0.3, -0.25) is 0 Å². The number of allylic oxidation sites excluding steroid dienone is 2. The second-order valence-corrected chi connectivity index (χ2v) is 9.41. The molecule has 1 saturated heterocycles. The third kappa shape index (κ3) is 1.46. The molecule has 2 aliphatic rings. The second kappa shape index (κ2) is 3.67. The van der Waals surface area contributed by atoms with E-state index in [1.54, 1.807) is 0 Å². The van der Waals surface area contributed by atoms with Gasteiger partial charge in [-0.05, 0) is 0 Å². The van der Waals surface area contributed by atoms with Crippen LogP contribution in [0.3, 0.4) is 0 Å². The monoisotopic (exact) mass is 223 g/mol. The predicted octanol–water partition coefficient (Wildman–Crippen LogP) is 2.89. The first-order chi connectivity index (χ1) is 5.92. The van der Waals surface area contributed by atoms with Gasteiger partial charge in [0.25, 0.3) is 0 Å². The van der Waals surface area contributed by atoms with Crippen LogP contribution in [0.2, 0.25) is 14.6 Å². The Balaban J connectivity index is 2.13. The van der Waals surface area contributed by atoms with Crippen molar-refractivity contribution < 1.29 is 0 Å². The molecule has 0 aromatic rings. The van der Waals surface area contributed by atoms with Crippen LogP contribution in [0.1, 0.15) is 25.7 Å². The van der Waals surface area contributed by atoms with E-state index in [2.05, 4.69) is 18.2 Å². The number of nitriles is 1. The van der Waals surface area contributed by atoms with Crippen molar-refractivity contribution in [3.05, 3.63) is 12.2 Å². The third-order valence-corrected chi connectivity index (χ3v) is 9.66. The number of hydrogen-bond donors (Lipinski definition) is 0. The van der Waals surface area contributed by atoms with Gasteiger partial charge in [0.1, 0.15) is 0 Å². The fraction of sp³-hybridized carbons (Fsp3) is 0.700. The Morgan fingerprint density at radius 3 is 3.17 bits per heavy atom. The minimum atomic E-state index is -0.766. The zero-order valence-electron chi connectivity index (χ0n) is 7.24. The summed E-state index contributed by atoms with van der Waals surface area (Å²) >= 11 is -0.766. The summed E-state index contributed by atoms with van der Waals surface area (Å²) in [6.07, 6.45) is 9.91. The van der Waals surface area contributed by atoms with E-state index in [1.165, 1.54) is 24.5 Å². The molecule has 64 valence electrons. The van der Waals surface area contributed by atoms with Crippen LogP contribution in [0.25, 0.3) is 0 Å². The number of fused-ring (bicyclic) bond motifs is 1. The zero-order chi connectivity index (χ0) is 8.39. The van der Waals surface area contributed by atoms with E-state index >= 15 is 0 Å². The van der Waals surface area contributed by atoms with Crippen molar-refractivity contribution >= 4 is 14.7 Å². The molecule has 12 heavy (non-hydrogen) atoms. The summed E-state index contributed by atoms with van der Waals surface area (Å²) in [7, 11) is 0. The van der Waals surface area contributed by atoms with Gasteiger partial charge in [0.05, 0.1) is 0 Å². The normalized spacial score (nSPS) is 40.1. The molecule has 0 N–H and O–H groups in total. The molecule has 0 aromatic carbocycles. The summed E-state index contributed by atoms with van der Waals surface area (Å²) in [4.78, 5) is 0. The summed E-state index contributed by atoms with van der Waals surface area (Å²) in [6.45, 7) is 0. The summed E-state index contributed by atoms with van der Waals surface area (Å²) in [5, 5.41) is 10.4. The molecular formula is C10H14AsN. The molecule has 3 unspecified atom stereocenters. The molecule has 2 heteroatoms. The first kappa shape index (κ1) is 8.39. The maximum atomic E-state index is 8.98. The average Bonchev–Trinajstić information content (AvgIpc) is 2.17. The van der Waals surface area contributed by atoms with E-state index in [4.69, 9.17) is 5.26 Å². The van der Waals surface area contributed by atoms with E-state index in [0.717, 1.165) is 11.1 Å². The number of nitrogens with zero attached hydrogens (tertiary/aromatic N) is 1. The van der Waals surface area contributed by atoms with E-state index < -0.39 is 14.7 Å². The first-order valence-corrected chi connectivity index (χ1v) is 8.23. The van der Waals surface area contributed by atoms with Crippen LogP contribution < -0.4 is 0 Å². The van der Waals surface area contributed by atoms with Gasteiger partial charge in [0, 0.05) is 0 Å². The van der Waals surface area contributed by atoms with Gasteiger partial charge in [0.2, 0.25) is 0 Å². The molecule has 2 aliphatic heterocycles. The minimum absolute atomic E-state index is 0.466. The molecule has 0 radical (unpaired) electrons. The quantitative estimate of drug-likeness (QED) is 0.457. The summed E-state index contributed by atoms with van der Waals surface area (Å²) in [5.74, 6) is 0. The van der Waals surface area contributed by atoms with Crippen molar-refractivity contribution in [3.8, 4) is 6.07 Å². The molecule has 0 saturated carbocycles. The van der Waals surface area contributed by atoms with Crippen LogP contribution in [0, 0.1) is 11.3 Å². The molecular weight excluding hydrogens is 209 g/mol. The molecule has 1 fully saturated rings. The van der Waals surface area contributed by atoms with Gasteiger partial charge < -0.3 is 0 Å². The zero-order valence-corrected chi connectivity index (χ0v) is 9.12. The van der Waals surface area contributed by atoms with Crippen LogP contribution in [0.5, 0.6) is 0 Å². The van der Waals surface area contributed by atoms with Crippen molar-refractivity contribution in [2.75, 3.05) is 0 Å². The second-order valence-electron chi connectivity index (χ2n) is 3.61. The van der Waals surface area contributed by atoms with Crippen molar-refractivity contribution in [1.82, 2.24) is 0 Å². The standard InChI is InChI=1S/C10H14AsN/c12-8-10-6-3-5-9-4-1-2-7-11(9)10/h3,5,9-10H,1-2,4,6-7H2. The van der Waals surface area contributed by atoms with Crippen LogP contribution in [-0.2, 0) is 0 Å². The van der Waals surface area contributed by atoms with E-state index in [0.29, 0.717) is 4.71 Å². The fourth-order valence-corrected chi connectivity index (χ4v) is 8.69. The molecule has 0 bridgehead atoms. The predicted molar refractivity (Wildman–Crippen MR) is 51.3 cm³/mol. The van der Waals surface area contributed by atoms with Gasteiger partial charge in [0.15, 0.2) is 0 Å². The summed E-state index contributed by atoms with van der Waals surface area (Å²) in [6, 6.07) is 2.52. The SMILES string of the molecule is N#CC1CC=CC2CCCC[As]12. The Morgan fingerprint density at radius 1 is 1.42 bits per heavy atom. The Hall–Kier alpha value is -0.212. The summed E-state index contributed by atoms with van der Waals surface area (Å²) < 4.78 is 1.34. The van der Waals surface area contributed by atoms with Gasteiger partial charge in [-0.2, -0.15) is 0 Å². The van der Waals surface area contributed by atoms with Crippen LogP contribution in [0.15, 0.2) is 12.2 Å². The topological polar surface area (TPSA) is 23.8 Å². The molecule has 0 aromatic heterocycles. The van der Waals surface area contributed by atoms with Gasteiger partial charge in [-0.25, -0.2) is 0 Å². The Kier molecular flexibility index (Phi) is 2.56. The Bertz CT molecular complexity index is 228. The molecule has 0 spiro atoms. The van der Waals surface area contributed by atoms with Crippen molar-refractivity contribution in [3.63, 3.8) is 0 Å². The van der Waals surface area contributed by atoms with Crippen molar-refractivity contribution in [2.45, 2.75) is 40.3 Å². The van der Waals surface area contributed by atoms with Crippen LogP contribution >= 0.6 is 0 Å². The van der Waals surface area contributed by atoms with Gasteiger partial charge in [-0.15, -0.1) is 0 Å². The molecule has 2 rings (SSSR count). The molecule has 3 atom stereocenters. The van der Waals surface area contributed by atoms with Crippen LogP contribution in [-0.4, -0.2) is 14.7 Å². The van der Waals surface area contributed by atoms with Crippen LogP contribution in [0.4, 0.5) is 0 Å². The fourth-order valence-electron chi connectivity index (χ4n) is 2.20. The van der Waals surface area contributed by atoms with Crippen molar-refractivity contribution in [2.24, 2.45) is 0 Å². The Labute approximate surface area is 78.7 Å². The average molecular weight is 223 g/mol. The van der Waals surface area contributed by atoms with E-state index in [-0.39, 0.29) is 0 Å². The third-order valence-electron chi connectivity index (χ3n) is 2.86.